The lowest BCUT2D eigenvalue weighted by molar-refractivity contribution is -0.123. The molecule has 0 spiro atoms. The molecule has 2 amide bonds. The zero-order chi connectivity index (χ0) is 19.1. The first kappa shape index (κ1) is 22.6. The van der Waals surface area contributed by atoms with Gasteiger partial charge in [-0.3, -0.25) is 9.59 Å². The maximum atomic E-state index is 12.9. The quantitative estimate of drug-likeness (QED) is 0.673. The number of benzene rings is 2. The summed E-state index contributed by atoms with van der Waals surface area (Å²) in [6, 6.07) is 11.9. The number of nitrogens with two attached hydrogens (primary N) is 1. The second-order valence-electron chi connectivity index (χ2n) is 6.29. The molecule has 0 heterocycles. The Labute approximate surface area is 164 Å². The Morgan fingerprint density at radius 1 is 1.15 bits per heavy atom. The first-order valence-electron chi connectivity index (χ1n) is 8.60. The van der Waals surface area contributed by atoms with Gasteiger partial charge in [0.15, 0.2) is 0 Å². The first-order chi connectivity index (χ1) is 12.4. The van der Waals surface area contributed by atoms with Gasteiger partial charge in [-0.1, -0.05) is 32.4 Å². The molecular weight excluding hydrogens is 369 g/mol. The van der Waals surface area contributed by atoms with Crippen molar-refractivity contribution >= 4 is 29.9 Å². The number of anilines is 1. The normalized spacial score (nSPS) is 12.4. The van der Waals surface area contributed by atoms with Crippen molar-refractivity contribution in [2.75, 3.05) is 5.32 Å². The van der Waals surface area contributed by atoms with Crippen LogP contribution in [0.4, 0.5) is 10.1 Å². The number of carbonyl (C=O) groups is 2. The molecular formula is C20H25ClFN3O2. The van der Waals surface area contributed by atoms with Crippen molar-refractivity contribution in [2.45, 2.75) is 32.9 Å². The molecule has 0 aromatic heterocycles. The van der Waals surface area contributed by atoms with Crippen LogP contribution in [-0.4, -0.2) is 17.9 Å². The number of carbonyl (C=O) groups excluding carboxylic acids is 2. The number of hydrogen-bond acceptors (Lipinski definition) is 3. The molecule has 2 atom stereocenters. The molecule has 0 aliphatic carbocycles. The standard InChI is InChI=1S/C20H24FN3O2.ClH/c1-3-13(2)18(22)20(26)23-12-14-5-4-6-17(11-14)24-19(25)15-7-9-16(21)10-8-15;/h4-11,13,18H,3,12,22H2,1-2H3,(H,23,26)(H,24,25);1H. The van der Waals surface area contributed by atoms with Crippen molar-refractivity contribution < 1.29 is 14.0 Å². The van der Waals surface area contributed by atoms with Gasteiger partial charge in [-0.2, -0.15) is 0 Å². The molecule has 0 radical (unpaired) electrons. The lowest BCUT2D eigenvalue weighted by Crippen LogP contribution is -2.44. The molecule has 2 rings (SSSR count). The van der Waals surface area contributed by atoms with Crippen LogP contribution in [-0.2, 0) is 11.3 Å². The zero-order valence-corrected chi connectivity index (χ0v) is 16.2. The SMILES string of the molecule is CCC(C)C(N)C(=O)NCc1cccc(NC(=O)c2ccc(F)cc2)c1.Cl. The van der Waals surface area contributed by atoms with Gasteiger partial charge in [0.2, 0.25) is 5.91 Å². The molecule has 0 fully saturated rings. The van der Waals surface area contributed by atoms with E-state index in [0.717, 1.165) is 12.0 Å². The minimum Gasteiger partial charge on any atom is -0.351 e. The van der Waals surface area contributed by atoms with Crippen LogP contribution in [0.5, 0.6) is 0 Å². The minimum atomic E-state index is -0.540. The molecule has 2 unspecified atom stereocenters. The number of amides is 2. The summed E-state index contributed by atoms with van der Waals surface area (Å²) in [5.41, 5.74) is 7.71. The van der Waals surface area contributed by atoms with Crippen LogP contribution in [0.25, 0.3) is 0 Å². The van der Waals surface area contributed by atoms with E-state index in [2.05, 4.69) is 10.6 Å². The molecule has 0 saturated carbocycles. The Kier molecular flexibility index (Phi) is 8.91. The number of nitrogens with one attached hydrogen (secondary N) is 2. The zero-order valence-electron chi connectivity index (χ0n) is 15.4. The van der Waals surface area contributed by atoms with Crippen LogP contribution in [0.15, 0.2) is 48.5 Å². The van der Waals surface area contributed by atoms with Crippen molar-refractivity contribution in [1.29, 1.82) is 0 Å². The van der Waals surface area contributed by atoms with Crippen molar-refractivity contribution in [3.63, 3.8) is 0 Å². The topological polar surface area (TPSA) is 84.2 Å². The van der Waals surface area contributed by atoms with Crippen molar-refractivity contribution in [2.24, 2.45) is 11.7 Å². The third-order valence-electron chi connectivity index (χ3n) is 4.32. The number of halogens is 2. The van der Waals surface area contributed by atoms with Gasteiger partial charge in [-0.15, -0.1) is 12.4 Å². The average molecular weight is 394 g/mol. The summed E-state index contributed by atoms with van der Waals surface area (Å²) < 4.78 is 12.9. The average Bonchev–Trinajstić information content (AvgIpc) is 2.65. The van der Waals surface area contributed by atoms with Crippen molar-refractivity contribution in [1.82, 2.24) is 5.32 Å². The molecule has 0 saturated heterocycles. The van der Waals surface area contributed by atoms with Gasteiger partial charge in [-0.05, 0) is 47.9 Å². The van der Waals surface area contributed by atoms with Crippen molar-refractivity contribution in [3.8, 4) is 0 Å². The van der Waals surface area contributed by atoms with Crippen LogP contribution in [0.1, 0.15) is 36.2 Å². The van der Waals surface area contributed by atoms with Crippen LogP contribution >= 0.6 is 12.4 Å². The molecule has 4 N–H and O–H groups in total. The Balaban J connectivity index is 0.00000364. The lowest BCUT2D eigenvalue weighted by Gasteiger charge is -2.17. The lowest BCUT2D eigenvalue weighted by atomic mass is 9.99. The number of hydrogen-bond donors (Lipinski definition) is 3. The second-order valence-corrected chi connectivity index (χ2v) is 6.29. The van der Waals surface area contributed by atoms with Gasteiger partial charge in [0, 0.05) is 17.8 Å². The molecule has 2 aromatic rings. The summed E-state index contributed by atoms with van der Waals surface area (Å²) in [5.74, 6) is -0.809. The van der Waals surface area contributed by atoms with Gasteiger partial charge in [0.1, 0.15) is 5.82 Å². The molecule has 0 aliphatic rings. The van der Waals surface area contributed by atoms with Gasteiger partial charge in [0.05, 0.1) is 6.04 Å². The highest BCUT2D eigenvalue weighted by Crippen LogP contribution is 2.13. The third kappa shape index (κ3) is 6.66. The highest BCUT2D eigenvalue weighted by molar-refractivity contribution is 6.04. The largest absolute Gasteiger partial charge is 0.351 e. The highest BCUT2D eigenvalue weighted by Gasteiger charge is 2.18. The molecule has 2 aromatic carbocycles. The van der Waals surface area contributed by atoms with Crippen molar-refractivity contribution in [3.05, 3.63) is 65.5 Å². The highest BCUT2D eigenvalue weighted by atomic mass is 35.5. The Morgan fingerprint density at radius 2 is 1.81 bits per heavy atom. The monoisotopic (exact) mass is 393 g/mol. The molecule has 0 bridgehead atoms. The Morgan fingerprint density at radius 3 is 2.44 bits per heavy atom. The predicted molar refractivity (Wildman–Crippen MR) is 107 cm³/mol. The van der Waals surface area contributed by atoms with Gasteiger partial charge in [-0.25, -0.2) is 4.39 Å². The molecule has 146 valence electrons. The summed E-state index contributed by atoms with van der Waals surface area (Å²) >= 11 is 0. The van der Waals surface area contributed by atoms with E-state index in [1.165, 1.54) is 24.3 Å². The summed E-state index contributed by atoms with van der Waals surface area (Å²) in [6.45, 7) is 4.25. The van der Waals surface area contributed by atoms with E-state index < -0.39 is 11.9 Å². The maximum absolute atomic E-state index is 12.9. The van der Waals surface area contributed by atoms with E-state index in [-0.39, 0.29) is 30.1 Å². The van der Waals surface area contributed by atoms with E-state index in [9.17, 15) is 14.0 Å². The van der Waals surface area contributed by atoms with Crippen LogP contribution < -0.4 is 16.4 Å². The molecule has 7 heteroatoms. The summed E-state index contributed by atoms with van der Waals surface area (Å²) in [7, 11) is 0. The molecule has 5 nitrogen and oxygen atoms in total. The fraction of sp³-hybridized carbons (Fsp3) is 0.300. The second kappa shape index (κ2) is 10.6. The van der Waals surface area contributed by atoms with Crippen LogP contribution in [0.3, 0.4) is 0 Å². The van der Waals surface area contributed by atoms with Gasteiger partial charge < -0.3 is 16.4 Å². The first-order valence-corrected chi connectivity index (χ1v) is 8.60. The van der Waals surface area contributed by atoms with Gasteiger partial charge in [0.25, 0.3) is 5.91 Å². The summed E-state index contributed by atoms with van der Waals surface area (Å²) in [4.78, 5) is 24.2. The van der Waals surface area contributed by atoms with Crippen LogP contribution in [0.2, 0.25) is 0 Å². The van der Waals surface area contributed by atoms with E-state index >= 15 is 0 Å². The summed E-state index contributed by atoms with van der Waals surface area (Å²) in [6.07, 6.45) is 0.833. The van der Waals surface area contributed by atoms with E-state index in [1.54, 1.807) is 18.2 Å². The fourth-order valence-corrected chi connectivity index (χ4v) is 2.38. The summed E-state index contributed by atoms with van der Waals surface area (Å²) in [5, 5.41) is 5.57. The van der Waals surface area contributed by atoms with E-state index in [0.29, 0.717) is 17.8 Å². The van der Waals surface area contributed by atoms with E-state index in [4.69, 9.17) is 5.73 Å². The molecule has 27 heavy (non-hydrogen) atoms. The minimum absolute atomic E-state index is 0. The maximum Gasteiger partial charge on any atom is 0.255 e. The Hall–Kier alpha value is -2.44. The smallest absolute Gasteiger partial charge is 0.255 e. The van der Waals surface area contributed by atoms with Crippen LogP contribution in [0, 0.1) is 11.7 Å². The third-order valence-corrected chi connectivity index (χ3v) is 4.32. The molecule has 0 aliphatic heterocycles. The Bertz CT molecular complexity index is 768. The number of rotatable bonds is 7. The van der Waals surface area contributed by atoms with Gasteiger partial charge >= 0.3 is 0 Å². The fourth-order valence-electron chi connectivity index (χ4n) is 2.38. The predicted octanol–water partition coefficient (Wildman–Crippen LogP) is 3.49. The van der Waals surface area contributed by atoms with E-state index in [1.807, 2.05) is 19.9 Å².